The molecule has 0 aliphatic heterocycles. The van der Waals surface area contributed by atoms with Gasteiger partial charge < -0.3 is 16.0 Å². The third kappa shape index (κ3) is 5.28. The minimum Gasteiger partial charge on any atom is -0.340 e. The van der Waals surface area contributed by atoms with Gasteiger partial charge in [-0.25, -0.2) is 4.98 Å². The van der Waals surface area contributed by atoms with E-state index in [2.05, 4.69) is 45.0 Å². The molecule has 3 N–H and O–H groups in total. The predicted molar refractivity (Wildman–Crippen MR) is 143 cm³/mol. The Bertz CT molecular complexity index is 1490. The number of nitrogens with zero attached hydrogens (tertiary/aromatic N) is 2. The van der Waals surface area contributed by atoms with Crippen LogP contribution in [0, 0.1) is 13.8 Å². The average molecular weight is 460 g/mol. The lowest BCUT2D eigenvalue weighted by atomic mass is 10.0. The van der Waals surface area contributed by atoms with E-state index < -0.39 is 0 Å². The number of amides is 1. The molecule has 172 valence electrons. The summed E-state index contributed by atoms with van der Waals surface area (Å²) in [6.07, 6.45) is 0. The van der Waals surface area contributed by atoms with Crippen LogP contribution >= 0.6 is 0 Å². The van der Waals surface area contributed by atoms with E-state index in [1.165, 1.54) is 5.56 Å². The molecule has 1 amide bonds. The number of carbonyl (C=O) groups is 1. The molecule has 0 saturated carbocycles. The Kier molecular flexibility index (Phi) is 6.09. The minimum absolute atomic E-state index is 0.142. The maximum atomic E-state index is 12.9. The van der Waals surface area contributed by atoms with Crippen LogP contribution in [0.2, 0.25) is 0 Å². The zero-order chi connectivity index (χ0) is 24.2. The molecule has 0 spiro atoms. The third-order valence-corrected chi connectivity index (χ3v) is 5.61. The largest absolute Gasteiger partial charge is 0.340 e. The number of hydrogen-bond donors (Lipinski definition) is 3. The lowest BCUT2D eigenvalue weighted by molar-refractivity contribution is 0.102. The first kappa shape index (κ1) is 22.1. The zero-order valence-corrected chi connectivity index (χ0v) is 19.5. The highest BCUT2D eigenvalue weighted by Gasteiger charge is 2.10. The molecule has 35 heavy (non-hydrogen) atoms. The van der Waals surface area contributed by atoms with Crippen molar-refractivity contribution in [3.05, 3.63) is 114 Å². The van der Waals surface area contributed by atoms with E-state index in [0.717, 1.165) is 27.8 Å². The Morgan fingerprint density at radius 1 is 0.686 bits per heavy atom. The van der Waals surface area contributed by atoms with Crippen LogP contribution in [0.4, 0.5) is 28.8 Å². The fourth-order valence-corrected chi connectivity index (χ4v) is 3.86. The summed E-state index contributed by atoms with van der Waals surface area (Å²) < 4.78 is 0. The van der Waals surface area contributed by atoms with E-state index in [-0.39, 0.29) is 5.91 Å². The summed E-state index contributed by atoms with van der Waals surface area (Å²) in [6.45, 7) is 3.99. The molecule has 6 nitrogen and oxygen atoms in total. The second-order valence-corrected chi connectivity index (χ2v) is 8.39. The highest BCUT2D eigenvalue weighted by molar-refractivity contribution is 6.12. The van der Waals surface area contributed by atoms with Crippen molar-refractivity contribution >= 4 is 45.5 Å². The zero-order valence-electron chi connectivity index (χ0n) is 19.5. The molecular weight excluding hydrogens is 434 g/mol. The predicted octanol–water partition coefficient (Wildman–Crippen LogP) is 6.99. The van der Waals surface area contributed by atoms with Crippen molar-refractivity contribution in [2.24, 2.45) is 0 Å². The lowest BCUT2D eigenvalue weighted by Gasteiger charge is -2.11. The number of benzene rings is 4. The van der Waals surface area contributed by atoms with Crippen molar-refractivity contribution in [3.63, 3.8) is 0 Å². The lowest BCUT2D eigenvalue weighted by Crippen LogP contribution is -2.12. The summed E-state index contributed by atoms with van der Waals surface area (Å²) in [5, 5.41) is 11.5. The average Bonchev–Trinajstić information content (AvgIpc) is 2.86. The maximum absolute atomic E-state index is 12.9. The molecule has 0 atom stereocenters. The van der Waals surface area contributed by atoms with Gasteiger partial charge in [-0.2, -0.15) is 4.98 Å². The van der Waals surface area contributed by atoms with Crippen molar-refractivity contribution in [3.8, 4) is 0 Å². The third-order valence-electron chi connectivity index (χ3n) is 5.61. The highest BCUT2D eigenvalue weighted by Crippen LogP contribution is 2.23. The molecule has 0 bridgehead atoms. The SMILES string of the molecule is Cc1ccc(Nc2cc(C)nc(Nc3ccc(NC(=O)c4cccc5ccccc45)cc3)n2)cc1. The van der Waals surface area contributed by atoms with Gasteiger partial charge in [0.1, 0.15) is 5.82 Å². The van der Waals surface area contributed by atoms with Crippen molar-refractivity contribution in [2.75, 3.05) is 16.0 Å². The molecule has 0 saturated heterocycles. The quantitative estimate of drug-likeness (QED) is 0.255. The van der Waals surface area contributed by atoms with Crippen LogP contribution in [-0.4, -0.2) is 15.9 Å². The van der Waals surface area contributed by atoms with Gasteiger partial charge in [-0.1, -0.05) is 54.1 Å². The molecule has 5 rings (SSSR count). The second kappa shape index (κ2) is 9.65. The topological polar surface area (TPSA) is 78.9 Å². The van der Waals surface area contributed by atoms with Crippen LogP contribution in [0.15, 0.2) is 97.1 Å². The summed E-state index contributed by atoms with van der Waals surface area (Å²) in [4.78, 5) is 22.0. The summed E-state index contributed by atoms with van der Waals surface area (Å²) in [6, 6.07) is 31.1. The Balaban J connectivity index is 1.28. The first-order chi connectivity index (χ1) is 17.0. The van der Waals surface area contributed by atoms with Crippen LogP contribution in [0.5, 0.6) is 0 Å². The van der Waals surface area contributed by atoms with Gasteiger partial charge in [-0.05, 0) is 67.1 Å². The highest BCUT2D eigenvalue weighted by atomic mass is 16.1. The number of rotatable bonds is 6. The fraction of sp³-hybridized carbons (Fsp3) is 0.0690. The Labute approximate surface area is 204 Å². The summed E-state index contributed by atoms with van der Waals surface area (Å²) in [5.74, 6) is 1.06. The van der Waals surface area contributed by atoms with E-state index in [1.807, 2.05) is 91.9 Å². The van der Waals surface area contributed by atoms with E-state index in [1.54, 1.807) is 0 Å². The molecule has 0 aliphatic carbocycles. The number of fused-ring (bicyclic) bond motifs is 1. The molecule has 0 radical (unpaired) electrons. The van der Waals surface area contributed by atoms with Gasteiger partial charge in [0.05, 0.1) is 0 Å². The Morgan fingerprint density at radius 3 is 2.14 bits per heavy atom. The molecule has 5 aromatic rings. The van der Waals surface area contributed by atoms with Gasteiger partial charge in [0.25, 0.3) is 5.91 Å². The fourth-order valence-electron chi connectivity index (χ4n) is 3.86. The number of aromatic nitrogens is 2. The number of aryl methyl sites for hydroxylation is 2. The standard InChI is InChI=1S/C29H25N5O/c1-19-10-12-22(13-11-19)31-27-18-20(2)30-29(34-27)33-24-16-14-23(15-17-24)32-28(35)26-9-5-7-21-6-3-4-8-25(21)26/h3-18H,1-2H3,(H,32,35)(H2,30,31,33,34). The molecule has 1 heterocycles. The molecule has 6 heteroatoms. The van der Waals surface area contributed by atoms with Crippen LogP contribution in [0.3, 0.4) is 0 Å². The van der Waals surface area contributed by atoms with Crippen LogP contribution in [0.25, 0.3) is 10.8 Å². The van der Waals surface area contributed by atoms with Crippen LogP contribution < -0.4 is 16.0 Å². The van der Waals surface area contributed by atoms with Gasteiger partial charge >= 0.3 is 0 Å². The maximum Gasteiger partial charge on any atom is 0.256 e. The number of hydrogen-bond acceptors (Lipinski definition) is 5. The molecule has 0 unspecified atom stereocenters. The molecule has 0 fully saturated rings. The number of carbonyl (C=O) groups excluding carboxylic acids is 1. The minimum atomic E-state index is -0.142. The molecule has 4 aromatic carbocycles. The van der Waals surface area contributed by atoms with Crippen LogP contribution in [0.1, 0.15) is 21.6 Å². The van der Waals surface area contributed by atoms with Gasteiger partial charge in [0.2, 0.25) is 5.95 Å². The summed E-state index contributed by atoms with van der Waals surface area (Å²) in [5.41, 5.74) is 5.18. The normalized spacial score (nSPS) is 10.7. The van der Waals surface area contributed by atoms with E-state index in [9.17, 15) is 4.79 Å². The molecular formula is C29H25N5O. The van der Waals surface area contributed by atoms with E-state index >= 15 is 0 Å². The van der Waals surface area contributed by atoms with E-state index in [0.29, 0.717) is 23.0 Å². The second-order valence-electron chi connectivity index (χ2n) is 8.39. The Morgan fingerprint density at radius 2 is 1.34 bits per heavy atom. The summed E-state index contributed by atoms with van der Waals surface area (Å²) >= 11 is 0. The van der Waals surface area contributed by atoms with E-state index in [4.69, 9.17) is 0 Å². The van der Waals surface area contributed by atoms with Crippen LogP contribution in [-0.2, 0) is 0 Å². The van der Waals surface area contributed by atoms with Gasteiger partial charge in [-0.15, -0.1) is 0 Å². The van der Waals surface area contributed by atoms with Gasteiger partial charge in [0.15, 0.2) is 0 Å². The first-order valence-electron chi connectivity index (χ1n) is 11.4. The molecule has 0 aliphatic rings. The smallest absolute Gasteiger partial charge is 0.256 e. The van der Waals surface area contributed by atoms with Crippen molar-refractivity contribution in [2.45, 2.75) is 13.8 Å². The molecule has 1 aromatic heterocycles. The van der Waals surface area contributed by atoms with Gasteiger partial charge in [-0.3, -0.25) is 4.79 Å². The van der Waals surface area contributed by atoms with Crippen molar-refractivity contribution in [1.29, 1.82) is 0 Å². The van der Waals surface area contributed by atoms with Crippen molar-refractivity contribution < 1.29 is 4.79 Å². The monoisotopic (exact) mass is 459 g/mol. The number of nitrogens with one attached hydrogen (secondary N) is 3. The number of anilines is 5. The van der Waals surface area contributed by atoms with Gasteiger partial charge in [0, 0.05) is 34.4 Å². The Hall–Kier alpha value is -4.71. The van der Waals surface area contributed by atoms with Crippen molar-refractivity contribution in [1.82, 2.24) is 9.97 Å². The first-order valence-corrected chi connectivity index (χ1v) is 11.4. The summed E-state index contributed by atoms with van der Waals surface area (Å²) in [7, 11) is 0.